The van der Waals surface area contributed by atoms with E-state index in [-0.39, 0.29) is 12.5 Å². The minimum atomic E-state index is -0.939. The van der Waals surface area contributed by atoms with Crippen LogP contribution in [0.25, 0.3) is 0 Å². The zero-order valence-electron chi connectivity index (χ0n) is 16.4. The smallest absolute Gasteiger partial charge is 0.339 e. The molecule has 0 bridgehead atoms. The van der Waals surface area contributed by atoms with Crippen molar-refractivity contribution in [2.45, 2.75) is 26.6 Å². The summed E-state index contributed by atoms with van der Waals surface area (Å²) in [4.78, 5) is 25.0. The summed E-state index contributed by atoms with van der Waals surface area (Å²) in [6, 6.07) is 23.8. The van der Waals surface area contributed by atoms with Gasteiger partial charge in [0.05, 0.1) is 5.56 Å². The van der Waals surface area contributed by atoms with Gasteiger partial charge in [0.2, 0.25) is 0 Å². The summed E-state index contributed by atoms with van der Waals surface area (Å²) in [6.45, 7) is 3.71. The van der Waals surface area contributed by atoms with Gasteiger partial charge in [0.25, 0.3) is 5.91 Å². The molecule has 148 valence electrons. The van der Waals surface area contributed by atoms with Crippen LogP contribution in [-0.4, -0.2) is 18.0 Å². The molecular weight excluding hydrogens is 366 g/mol. The molecule has 0 spiro atoms. The van der Waals surface area contributed by atoms with Crippen molar-refractivity contribution in [3.05, 3.63) is 95.6 Å². The number of ether oxygens (including phenoxy) is 2. The van der Waals surface area contributed by atoms with Gasteiger partial charge in [0.1, 0.15) is 12.4 Å². The van der Waals surface area contributed by atoms with Gasteiger partial charge in [0.15, 0.2) is 6.10 Å². The van der Waals surface area contributed by atoms with Crippen LogP contribution in [0.1, 0.15) is 28.4 Å². The molecule has 1 N–H and O–H groups in total. The Hall–Kier alpha value is -3.60. The number of carbonyl (C=O) groups excluding carboxylic acids is 2. The van der Waals surface area contributed by atoms with Crippen LogP contribution in [0, 0.1) is 6.92 Å². The Balaban J connectivity index is 1.63. The van der Waals surface area contributed by atoms with Gasteiger partial charge in [0, 0.05) is 11.3 Å². The van der Waals surface area contributed by atoms with Gasteiger partial charge in [-0.05, 0) is 49.7 Å². The minimum Gasteiger partial charge on any atom is -0.489 e. The van der Waals surface area contributed by atoms with Crippen molar-refractivity contribution >= 4 is 17.6 Å². The standard InChI is InChI=1S/C24H23NO4/c1-17-9-8-11-20(15-17)25-23(26)18(2)29-24(27)22-14-7-6-10-19(22)16-28-21-12-4-3-5-13-21/h3-15,18H,16H2,1-2H3,(H,25,26)/t18-/m0/s1. The van der Waals surface area contributed by atoms with E-state index in [0.29, 0.717) is 22.6 Å². The molecule has 0 aliphatic rings. The fraction of sp³-hybridized carbons (Fsp3) is 0.167. The number of aryl methyl sites for hydroxylation is 1. The van der Waals surface area contributed by atoms with Gasteiger partial charge < -0.3 is 14.8 Å². The molecule has 5 nitrogen and oxygen atoms in total. The first-order valence-electron chi connectivity index (χ1n) is 9.37. The quantitative estimate of drug-likeness (QED) is 0.592. The largest absolute Gasteiger partial charge is 0.489 e. The minimum absolute atomic E-state index is 0.221. The van der Waals surface area contributed by atoms with E-state index in [0.717, 1.165) is 5.56 Å². The van der Waals surface area contributed by atoms with Crippen LogP contribution in [0.5, 0.6) is 5.75 Å². The summed E-state index contributed by atoms with van der Waals surface area (Å²) in [7, 11) is 0. The van der Waals surface area contributed by atoms with Gasteiger partial charge in [-0.25, -0.2) is 4.79 Å². The SMILES string of the molecule is Cc1cccc(NC(=O)[C@H](C)OC(=O)c2ccccc2COc2ccccc2)c1. The highest BCUT2D eigenvalue weighted by atomic mass is 16.5. The molecule has 1 amide bonds. The molecule has 3 aromatic carbocycles. The third-order valence-electron chi connectivity index (χ3n) is 4.31. The van der Waals surface area contributed by atoms with Crippen LogP contribution in [0.3, 0.4) is 0 Å². The maximum Gasteiger partial charge on any atom is 0.339 e. The molecule has 0 unspecified atom stereocenters. The molecule has 1 atom stereocenters. The number of carbonyl (C=O) groups is 2. The molecule has 0 radical (unpaired) electrons. The summed E-state index contributed by atoms with van der Waals surface area (Å²) >= 11 is 0. The molecule has 0 fully saturated rings. The molecule has 0 aliphatic carbocycles. The van der Waals surface area contributed by atoms with Gasteiger partial charge in [-0.1, -0.05) is 48.5 Å². The van der Waals surface area contributed by atoms with Crippen LogP contribution in [0.4, 0.5) is 5.69 Å². The summed E-state index contributed by atoms with van der Waals surface area (Å²) in [5, 5.41) is 2.76. The average molecular weight is 389 g/mol. The molecule has 3 rings (SSSR count). The molecule has 0 aromatic heterocycles. The van der Waals surface area contributed by atoms with E-state index in [2.05, 4.69) is 5.32 Å². The topological polar surface area (TPSA) is 64.6 Å². The van der Waals surface area contributed by atoms with Crippen molar-refractivity contribution in [3.8, 4) is 5.75 Å². The predicted octanol–water partition coefficient (Wildman–Crippen LogP) is 4.76. The summed E-state index contributed by atoms with van der Waals surface area (Å²) in [5.41, 5.74) is 2.75. The molecular formula is C24H23NO4. The van der Waals surface area contributed by atoms with Gasteiger partial charge >= 0.3 is 5.97 Å². The van der Waals surface area contributed by atoms with Gasteiger partial charge in [-0.2, -0.15) is 0 Å². The van der Waals surface area contributed by atoms with Gasteiger partial charge in [-0.15, -0.1) is 0 Å². The normalized spacial score (nSPS) is 11.4. The third-order valence-corrected chi connectivity index (χ3v) is 4.31. The van der Waals surface area contributed by atoms with Crippen molar-refractivity contribution in [3.63, 3.8) is 0 Å². The first kappa shape index (κ1) is 20.1. The molecule has 3 aromatic rings. The van der Waals surface area contributed by atoms with E-state index in [1.165, 1.54) is 0 Å². The Morgan fingerprint density at radius 3 is 2.41 bits per heavy atom. The summed E-state index contributed by atoms with van der Waals surface area (Å²) in [6.07, 6.45) is -0.939. The predicted molar refractivity (Wildman–Crippen MR) is 112 cm³/mol. The molecule has 5 heteroatoms. The molecule has 0 saturated carbocycles. The number of anilines is 1. The Labute approximate surface area is 170 Å². The number of hydrogen-bond acceptors (Lipinski definition) is 4. The molecule has 0 aliphatic heterocycles. The first-order chi connectivity index (χ1) is 14.0. The maximum absolute atomic E-state index is 12.6. The second kappa shape index (κ2) is 9.55. The number of nitrogens with one attached hydrogen (secondary N) is 1. The number of amides is 1. The molecule has 29 heavy (non-hydrogen) atoms. The zero-order valence-corrected chi connectivity index (χ0v) is 16.4. The van der Waals surface area contributed by atoms with Crippen LogP contribution < -0.4 is 10.1 Å². The van der Waals surface area contributed by atoms with Crippen molar-refractivity contribution < 1.29 is 19.1 Å². The van der Waals surface area contributed by atoms with Crippen molar-refractivity contribution in [1.29, 1.82) is 0 Å². The second-order valence-electron chi connectivity index (χ2n) is 6.67. The maximum atomic E-state index is 12.6. The monoisotopic (exact) mass is 389 g/mol. The van der Waals surface area contributed by atoms with Gasteiger partial charge in [-0.3, -0.25) is 4.79 Å². The van der Waals surface area contributed by atoms with Crippen molar-refractivity contribution in [2.24, 2.45) is 0 Å². The highest BCUT2D eigenvalue weighted by molar-refractivity contribution is 5.97. The molecule has 0 heterocycles. The zero-order chi connectivity index (χ0) is 20.6. The highest BCUT2D eigenvalue weighted by Gasteiger charge is 2.21. The summed E-state index contributed by atoms with van der Waals surface area (Å²) < 4.78 is 11.1. The highest BCUT2D eigenvalue weighted by Crippen LogP contribution is 2.17. The van der Waals surface area contributed by atoms with E-state index in [9.17, 15) is 9.59 Å². The fourth-order valence-electron chi connectivity index (χ4n) is 2.77. The number of rotatable bonds is 7. The van der Waals surface area contributed by atoms with E-state index >= 15 is 0 Å². The van der Waals surface area contributed by atoms with Crippen LogP contribution in [-0.2, 0) is 16.1 Å². The van der Waals surface area contributed by atoms with Crippen molar-refractivity contribution in [2.75, 3.05) is 5.32 Å². The van der Waals surface area contributed by atoms with Crippen LogP contribution >= 0.6 is 0 Å². The fourth-order valence-corrected chi connectivity index (χ4v) is 2.77. The van der Waals surface area contributed by atoms with E-state index in [1.54, 1.807) is 31.2 Å². The lowest BCUT2D eigenvalue weighted by Gasteiger charge is -2.15. The van der Waals surface area contributed by atoms with E-state index in [1.807, 2.05) is 61.5 Å². The lowest BCUT2D eigenvalue weighted by Crippen LogP contribution is -2.30. The van der Waals surface area contributed by atoms with Crippen LogP contribution in [0.2, 0.25) is 0 Å². The van der Waals surface area contributed by atoms with E-state index < -0.39 is 12.1 Å². The Morgan fingerprint density at radius 2 is 1.66 bits per heavy atom. The molecule has 0 saturated heterocycles. The first-order valence-corrected chi connectivity index (χ1v) is 9.37. The Morgan fingerprint density at radius 1 is 0.931 bits per heavy atom. The second-order valence-corrected chi connectivity index (χ2v) is 6.67. The lowest BCUT2D eigenvalue weighted by atomic mass is 10.1. The van der Waals surface area contributed by atoms with E-state index in [4.69, 9.17) is 9.47 Å². The Kier molecular flexibility index (Phi) is 6.63. The number of benzene rings is 3. The number of hydrogen-bond donors (Lipinski definition) is 1. The third kappa shape index (κ3) is 5.69. The van der Waals surface area contributed by atoms with Crippen LogP contribution in [0.15, 0.2) is 78.9 Å². The Bertz CT molecular complexity index is 985. The number of para-hydroxylation sites is 1. The average Bonchev–Trinajstić information content (AvgIpc) is 2.73. The summed E-state index contributed by atoms with van der Waals surface area (Å²) in [5.74, 6) is -0.243. The lowest BCUT2D eigenvalue weighted by molar-refractivity contribution is -0.123. The number of esters is 1. The van der Waals surface area contributed by atoms with Crippen molar-refractivity contribution in [1.82, 2.24) is 0 Å².